The van der Waals surface area contributed by atoms with E-state index in [2.05, 4.69) is 15.5 Å². The summed E-state index contributed by atoms with van der Waals surface area (Å²) >= 11 is 0. The lowest BCUT2D eigenvalue weighted by Crippen LogP contribution is -2.58. The van der Waals surface area contributed by atoms with E-state index in [0.29, 0.717) is 31.3 Å². The zero-order chi connectivity index (χ0) is 19.3. The Balaban J connectivity index is 1.33. The molecule has 7 nitrogen and oxygen atoms in total. The molecule has 1 fully saturated rings. The number of urea groups is 1. The maximum absolute atomic E-state index is 11.8. The Bertz CT molecular complexity index is 918. The van der Waals surface area contributed by atoms with Gasteiger partial charge in [0.25, 0.3) is 5.89 Å². The topological polar surface area (TPSA) is 80.5 Å². The molecule has 0 radical (unpaired) electrons. The molecule has 2 heterocycles. The van der Waals surface area contributed by atoms with Gasteiger partial charge in [-0.3, -0.25) is 0 Å². The Hall–Kier alpha value is -3.35. The van der Waals surface area contributed by atoms with Gasteiger partial charge in [0.05, 0.1) is 13.1 Å². The number of likely N-dealkylation sites (tertiary alicyclic amines) is 1. The largest absolute Gasteiger partial charge is 0.487 e. The van der Waals surface area contributed by atoms with Crippen molar-refractivity contribution in [1.29, 1.82) is 0 Å². The molecule has 4 rings (SSSR count). The van der Waals surface area contributed by atoms with Gasteiger partial charge in [-0.15, -0.1) is 0 Å². The zero-order valence-electron chi connectivity index (χ0n) is 15.7. The first kappa shape index (κ1) is 18.0. The van der Waals surface area contributed by atoms with Crippen molar-refractivity contribution < 1.29 is 14.1 Å². The number of hydrogen-bond acceptors (Lipinski definition) is 5. The second kappa shape index (κ2) is 8.12. The van der Waals surface area contributed by atoms with Crippen LogP contribution in [0.1, 0.15) is 13.3 Å². The standard InChI is InChI=1S/C21H22N4O3/c1-2-12-22-21(26)25-13-18(14-25)27-17-10-8-15(9-11-17)19-23-20(28-24-19)16-6-4-3-5-7-16/h3-11,18H,2,12-14H2,1H3,(H,22,26). The average molecular weight is 378 g/mol. The van der Waals surface area contributed by atoms with Crippen LogP contribution >= 0.6 is 0 Å². The van der Waals surface area contributed by atoms with E-state index in [1.807, 2.05) is 61.5 Å². The molecule has 1 aliphatic heterocycles. The predicted molar refractivity (Wildman–Crippen MR) is 105 cm³/mol. The number of carbonyl (C=O) groups excluding carboxylic acids is 1. The molecule has 0 spiro atoms. The maximum Gasteiger partial charge on any atom is 0.317 e. The smallest absolute Gasteiger partial charge is 0.317 e. The summed E-state index contributed by atoms with van der Waals surface area (Å²) in [4.78, 5) is 18.0. The Morgan fingerprint density at radius 3 is 2.61 bits per heavy atom. The highest BCUT2D eigenvalue weighted by molar-refractivity contribution is 5.75. The molecule has 28 heavy (non-hydrogen) atoms. The summed E-state index contributed by atoms with van der Waals surface area (Å²) in [5, 5.41) is 6.92. The fourth-order valence-electron chi connectivity index (χ4n) is 2.94. The number of nitrogens with one attached hydrogen (secondary N) is 1. The molecule has 1 aliphatic rings. The molecule has 0 bridgehead atoms. The first-order valence-corrected chi connectivity index (χ1v) is 9.42. The number of nitrogens with zero attached hydrogens (tertiary/aromatic N) is 3. The van der Waals surface area contributed by atoms with Crippen molar-refractivity contribution in [2.24, 2.45) is 0 Å². The van der Waals surface area contributed by atoms with Crippen molar-refractivity contribution in [1.82, 2.24) is 20.4 Å². The molecule has 0 atom stereocenters. The number of hydrogen-bond donors (Lipinski definition) is 1. The molecule has 3 aromatic rings. The quantitative estimate of drug-likeness (QED) is 0.709. The molecular weight excluding hydrogens is 356 g/mol. The predicted octanol–water partition coefficient (Wildman–Crippen LogP) is 3.59. The highest BCUT2D eigenvalue weighted by Gasteiger charge is 2.32. The minimum atomic E-state index is -0.0247. The van der Waals surface area contributed by atoms with Gasteiger partial charge < -0.3 is 19.5 Å². The summed E-state index contributed by atoms with van der Waals surface area (Å²) in [6.07, 6.45) is 0.951. The molecule has 0 aliphatic carbocycles. The Morgan fingerprint density at radius 1 is 1.14 bits per heavy atom. The van der Waals surface area contributed by atoms with E-state index < -0.39 is 0 Å². The first-order chi connectivity index (χ1) is 13.7. The number of carbonyl (C=O) groups is 1. The van der Waals surface area contributed by atoms with Crippen LogP contribution in [0.15, 0.2) is 59.1 Å². The summed E-state index contributed by atoms with van der Waals surface area (Å²) in [7, 11) is 0. The van der Waals surface area contributed by atoms with Crippen LogP contribution in [0, 0.1) is 0 Å². The molecule has 0 unspecified atom stereocenters. The van der Waals surface area contributed by atoms with Crippen LogP contribution < -0.4 is 10.1 Å². The van der Waals surface area contributed by atoms with Crippen molar-refractivity contribution in [3.05, 3.63) is 54.6 Å². The maximum atomic E-state index is 11.8. The van der Waals surface area contributed by atoms with Crippen LogP contribution in [0.25, 0.3) is 22.8 Å². The van der Waals surface area contributed by atoms with Gasteiger partial charge in [0, 0.05) is 17.7 Å². The van der Waals surface area contributed by atoms with Crippen LogP contribution in [0.5, 0.6) is 5.75 Å². The Labute approximate surface area is 163 Å². The highest BCUT2D eigenvalue weighted by Crippen LogP contribution is 2.25. The summed E-state index contributed by atoms with van der Waals surface area (Å²) in [6, 6.07) is 17.2. The molecule has 1 aromatic heterocycles. The summed E-state index contributed by atoms with van der Waals surface area (Å²) in [5.74, 6) is 1.79. The van der Waals surface area contributed by atoms with Crippen molar-refractivity contribution in [2.45, 2.75) is 19.4 Å². The monoisotopic (exact) mass is 378 g/mol. The summed E-state index contributed by atoms with van der Waals surface area (Å²) in [5.41, 5.74) is 1.74. The first-order valence-electron chi connectivity index (χ1n) is 9.42. The minimum absolute atomic E-state index is 0.0214. The fourth-order valence-corrected chi connectivity index (χ4v) is 2.94. The molecule has 2 aromatic carbocycles. The van der Waals surface area contributed by atoms with Gasteiger partial charge in [0.15, 0.2) is 0 Å². The highest BCUT2D eigenvalue weighted by atomic mass is 16.5. The van der Waals surface area contributed by atoms with Crippen LogP contribution in [0.2, 0.25) is 0 Å². The van der Waals surface area contributed by atoms with Gasteiger partial charge in [0.1, 0.15) is 11.9 Å². The van der Waals surface area contributed by atoms with Gasteiger partial charge in [0.2, 0.25) is 5.82 Å². The lowest BCUT2D eigenvalue weighted by atomic mass is 10.1. The van der Waals surface area contributed by atoms with Gasteiger partial charge in [-0.1, -0.05) is 30.3 Å². The number of amides is 2. The lowest BCUT2D eigenvalue weighted by molar-refractivity contribution is 0.0445. The van der Waals surface area contributed by atoms with Crippen LogP contribution in [0.4, 0.5) is 4.79 Å². The Kier molecular flexibility index (Phi) is 5.23. The van der Waals surface area contributed by atoms with Crippen molar-refractivity contribution in [2.75, 3.05) is 19.6 Å². The van der Waals surface area contributed by atoms with E-state index in [-0.39, 0.29) is 12.1 Å². The van der Waals surface area contributed by atoms with Crippen LogP contribution in [0.3, 0.4) is 0 Å². The van der Waals surface area contributed by atoms with Crippen molar-refractivity contribution >= 4 is 6.03 Å². The van der Waals surface area contributed by atoms with Crippen molar-refractivity contribution in [3.8, 4) is 28.6 Å². The van der Waals surface area contributed by atoms with Gasteiger partial charge >= 0.3 is 6.03 Å². The van der Waals surface area contributed by atoms with E-state index >= 15 is 0 Å². The number of aromatic nitrogens is 2. The van der Waals surface area contributed by atoms with Crippen LogP contribution in [-0.2, 0) is 0 Å². The van der Waals surface area contributed by atoms with E-state index in [4.69, 9.17) is 9.26 Å². The number of ether oxygens (including phenoxy) is 1. The summed E-state index contributed by atoms with van der Waals surface area (Å²) in [6.45, 7) is 3.93. The van der Waals surface area contributed by atoms with E-state index in [0.717, 1.165) is 23.3 Å². The molecule has 7 heteroatoms. The molecule has 1 N–H and O–H groups in total. The summed E-state index contributed by atoms with van der Waals surface area (Å²) < 4.78 is 11.3. The van der Waals surface area contributed by atoms with E-state index in [9.17, 15) is 4.79 Å². The van der Waals surface area contributed by atoms with E-state index in [1.54, 1.807) is 4.90 Å². The van der Waals surface area contributed by atoms with Gasteiger partial charge in [-0.2, -0.15) is 4.98 Å². The zero-order valence-corrected chi connectivity index (χ0v) is 15.7. The normalized spacial score (nSPS) is 13.8. The molecular formula is C21H22N4O3. The molecule has 144 valence electrons. The SMILES string of the molecule is CCCNC(=O)N1CC(Oc2ccc(-c3noc(-c4ccccc4)n3)cc2)C1. The third kappa shape index (κ3) is 3.98. The third-order valence-electron chi connectivity index (χ3n) is 4.52. The molecule has 1 saturated heterocycles. The number of rotatable bonds is 6. The van der Waals surface area contributed by atoms with E-state index in [1.165, 1.54) is 0 Å². The van der Waals surface area contributed by atoms with Gasteiger partial charge in [-0.25, -0.2) is 4.79 Å². The van der Waals surface area contributed by atoms with Crippen LogP contribution in [-0.4, -0.2) is 46.8 Å². The Morgan fingerprint density at radius 2 is 1.89 bits per heavy atom. The van der Waals surface area contributed by atoms with Gasteiger partial charge in [-0.05, 0) is 42.8 Å². The molecule has 2 amide bonds. The lowest BCUT2D eigenvalue weighted by Gasteiger charge is -2.38. The average Bonchev–Trinajstić information content (AvgIpc) is 3.20. The second-order valence-electron chi connectivity index (χ2n) is 6.69. The second-order valence-corrected chi connectivity index (χ2v) is 6.69. The van der Waals surface area contributed by atoms with Crippen molar-refractivity contribution in [3.63, 3.8) is 0 Å². The molecule has 0 saturated carbocycles. The number of benzene rings is 2. The fraction of sp³-hybridized carbons (Fsp3) is 0.286. The minimum Gasteiger partial charge on any atom is -0.487 e. The third-order valence-corrected chi connectivity index (χ3v) is 4.52.